The third-order valence-electron chi connectivity index (χ3n) is 4.18. The van der Waals surface area contributed by atoms with Gasteiger partial charge in [0, 0.05) is 10.8 Å². The first kappa shape index (κ1) is 12.1. The van der Waals surface area contributed by atoms with E-state index in [2.05, 4.69) is 5.32 Å². The van der Waals surface area contributed by atoms with Crippen molar-refractivity contribution in [1.82, 2.24) is 5.32 Å². The summed E-state index contributed by atoms with van der Waals surface area (Å²) in [7, 11) is 0. The molecule has 0 aromatic carbocycles. The van der Waals surface area contributed by atoms with Gasteiger partial charge in [-0.25, -0.2) is 0 Å². The molecule has 2 aliphatic rings. The molecule has 94 valence electrons. The summed E-state index contributed by atoms with van der Waals surface area (Å²) in [5, 5.41) is 11.7. The Morgan fingerprint density at radius 3 is 1.82 bits per heavy atom. The fourth-order valence-electron chi connectivity index (χ4n) is 3.65. The van der Waals surface area contributed by atoms with E-state index in [9.17, 15) is 19.5 Å². The number of amides is 2. The highest BCUT2D eigenvalue weighted by Gasteiger charge is 2.60. The number of imide groups is 1. The summed E-state index contributed by atoms with van der Waals surface area (Å²) in [5.41, 5.74) is -2.52. The van der Waals surface area contributed by atoms with Crippen LogP contribution >= 0.6 is 0 Å². The zero-order valence-corrected chi connectivity index (χ0v) is 10.3. The highest BCUT2D eigenvalue weighted by molar-refractivity contribution is 6.04. The monoisotopic (exact) mass is 239 g/mol. The van der Waals surface area contributed by atoms with E-state index in [0.717, 1.165) is 0 Å². The molecule has 3 atom stereocenters. The van der Waals surface area contributed by atoms with Crippen molar-refractivity contribution in [3.8, 4) is 0 Å². The Balaban J connectivity index is 2.48. The topological polar surface area (TPSA) is 83.5 Å². The molecule has 0 radical (unpaired) electrons. The van der Waals surface area contributed by atoms with Crippen LogP contribution in [0.2, 0.25) is 0 Å². The minimum atomic E-state index is -1.00. The van der Waals surface area contributed by atoms with Gasteiger partial charge < -0.3 is 5.11 Å². The molecule has 5 heteroatoms. The van der Waals surface area contributed by atoms with Crippen LogP contribution in [0.15, 0.2) is 0 Å². The molecular weight excluding hydrogens is 222 g/mol. The Morgan fingerprint density at radius 2 is 1.47 bits per heavy atom. The van der Waals surface area contributed by atoms with Crippen molar-refractivity contribution in [3.05, 3.63) is 0 Å². The zero-order chi connectivity index (χ0) is 13.1. The maximum Gasteiger partial charge on any atom is 0.309 e. The van der Waals surface area contributed by atoms with E-state index in [1.54, 1.807) is 20.8 Å². The molecule has 5 nitrogen and oxygen atoms in total. The first-order valence-corrected chi connectivity index (χ1v) is 5.71. The Kier molecular flexibility index (Phi) is 2.19. The van der Waals surface area contributed by atoms with Crippen LogP contribution in [0.1, 0.15) is 40.0 Å². The van der Waals surface area contributed by atoms with Crippen LogP contribution in [-0.4, -0.2) is 22.9 Å². The van der Waals surface area contributed by atoms with Crippen molar-refractivity contribution in [2.75, 3.05) is 0 Å². The molecule has 1 aliphatic heterocycles. The van der Waals surface area contributed by atoms with E-state index in [-0.39, 0.29) is 24.7 Å². The molecule has 0 spiro atoms. The van der Waals surface area contributed by atoms with E-state index in [0.29, 0.717) is 6.42 Å². The lowest BCUT2D eigenvalue weighted by molar-refractivity contribution is -0.170. The van der Waals surface area contributed by atoms with Gasteiger partial charge in [0.15, 0.2) is 0 Å². The molecule has 1 saturated carbocycles. The van der Waals surface area contributed by atoms with Crippen molar-refractivity contribution >= 4 is 17.8 Å². The Bertz CT molecular complexity index is 398. The number of hydrogen-bond donors (Lipinski definition) is 2. The third-order valence-corrected chi connectivity index (χ3v) is 4.18. The third kappa shape index (κ3) is 1.56. The Labute approximate surface area is 99.6 Å². The number of carboxylic acids is 1. The molecule has 0 aromatic rings. The largest absolute Gasteiger partial charge is 0.481 e. The lowest BCUT2D eigenvalue weighted by Gasteiger charge is -2.52. The van der Waals surface area contributed by atoms with Crippen molar-refractivity contribution in [1.29, 1.82) is 0 Å². The molecule has 17 heavy (non-hydrogen) atoms. The summed E-state index contributed by atoms with van der Waals surface area (Å²) in [4.78, 5) is 35.1. The molecule has 1 saturated heterocycles. The van der Waals surface area contributed by atoms with Crippen molar-refractivity contribution in [2.45, 2.75) is 40.0 Å². The molecular formula is C12H17NO4. The minimum Gasteiger partial charge on any atom is -0.481 e. The van der Waals surface area contributed by atoms with Gasteiger partial charge in [-0.2, -0.15) is 0 Å². The Hall–Kier alpha value is -1.39. The number of aliphatic carboxylic acids is 1. The van der Waals surface area contributed by atoms with Gasteiger partial charge in [-0.1, -0.05) is 13.8 Å². The molecule has 1 aliphatic carbocycles. The number of carbonyl (C=O) groups excluding carboxylic acids is 2. The average Bonchev–Trinajstić information content (AvgIpc) is 2.13. The second-order valence-corrected chi connectivity index (χ2v) is 6.30. The van der Waals surface area contributed by atoms with E-state index >= 15 is 0 Å². The van der Waals surface area contributed by atoms with E-state index < -0.39 is 22.2 Å². The van der Waals surface area contributed by atoms with Crippen LogP contribution < -0.4 is 5.32 Å². The lowest BCUT2D eigenvalue weighted by Crippen LogP contribution is -2.62. The lowest BCUT2D eigenvalue weighted by atomic mass is 9.52. The van der Waals surface area contributed by atoms with Crippen molar-refractivity contribution in [2.24, 2.45) is 16.2 Å². The second kappa shape index (κ2) is 3.09. The molecule has 1 unspecified atom stereocenters. The van der Waals surface area contributed by atoms with Crippen LogP contribution in [0.5, 0.6) is 0 Å². The van der Waals surface area contributed by atoms with Crippen LogP contribution in [-0.2, 0) is 14.4 Å². The number of carboxylic acid groups (broad SMARTS) is 1. The molecule has 0 aromatic heterocycles. The van der Waals surface area contributed by atoms with Gasteiger partial charge in [0.25, 0.3) is 0 Å². The standard InChI is InChI=1S/C12H17NO4/c1-10-4-11(2,8(15)13-7(10)14)6-12(3,5-10)9(16)17/h4-6H2,1-3H3,(H,16,17)(H,13,14,15)/t10-,11+,12?. The maximum absolute atomic E-state index is 11.9. The number of fused-ring (bicyclic) bond motifs is 2. The van der Waals surface area contributed by atoms with E-state index in [1.165, 1.54) is 0 Å². The molecule has 1 heterocycles. The second-order valence-electron chi connectivity index (χ2n) is 6.30. The molecule has 2 amide bonds. The molecule has 2 rings (SSSR count). The van der Waals surface area contributed by atoms with Crippen LogP contribution in [0.4, 0.5) is 0 Å². The van der Waals surface area contributed by atoms with Crippen LogP contribution in [0.3, 0.4) is 0 Å². The zero-order valence-electron chi connectivity index (χ0n) is 10.3. The summed E-state index contributed by atoms with van der Waals surface area (Å²) < 4.78 is 0. The highest BCUT2D eigenvalue weighted by atomic mass is 16.4. The van der Waals surface area contributed by atoms with Gasteiger partial charge in [-0.05, 0) is 26.2 Å². The summed E-state index contributed by atoms with van der Waals surface area (Å²) in [6, 6.07) is 0. The van der Waals surface area contributed by atoms with Gasteiger partial charge in [0.05, 0.1) is 5.41 Å². The number of nitrogens with one attached hydrogen (secondary N) is 1. The summed E-state index contributed by atoms with van der Waals surface area (Å²) in [6.07, 6.45) is 1.00. The van der Waals surface area contributed by atoms with Crippen LogP contribution in [0.25, 0.3) is 0 Å². The SMILES string of the molecule is CC1(C(=O)O)C[C@@]2(C)C[C@@](C)(C1)C(=O)NC2=O. The smallest absolute Gasteiger partial charge is 0.309 e. The normalized spacial score (nSPS) is 45.4. The summed E-state index contributed by atoms with van der Waals surface area (Å²) in [6.45, 7) is 5.11. The Morgan fingerprint density at radius 1 is 1.06 bits per heavy atom. The first-order valence-electron chi connectivity index (χ1n) is 5.71. The van der Waals surface area contributed by atoms with Crippen LogP contribution in [0, 0.1) is 16.2 Å². The summed E-state index contributed by atoms with van der Waals surface area (Å²) >= 11 is 0. The fraction of sp³-hybridized carbons (Fsp3) is 0.750. The quantitative estimate of drug-likeness (QED) is 0.667. The minimum absolute atomic E-state index is 0.282. The highest BCUT2D eigenvalue weighted by Crippen LogP contribution is 2.56. The average molecular weight is 239 g/mol. The van der Waals surface area contributed by atoms with E-state index in [4.69, 9.17) is 0 Å². The number of rotatable bonds is 1. The maximum atomic E-state index is 11.9. The fourth-order valence-corrected chi connectivity index (χ4v) is 3.65. The number of carbonyl (C=O) groups is 3. The van der Waals surface area contributed by atoms with Gasteiger partial charge in [0.1, 0.15) is 0 Å². The predicted molar refractivity (Wildman–Crippen MR) is 59.0 cm³/mol. The van der Waals surface area contributed by atoms with Crippen molar-refractivity contribution in [3.63, 3.8) is 0 Å². The number of piperidine rings is 1. The molecule has 2 N–H and O–H groups in total. The van der Waals surface area contributed by atoms with E-state index in [1.807, 2.05) is 0 Å². The molecule has 2 bridgehead atoms. The van der Waals surface area contributed by atoms with Gasteiger partial charge in [0.2, 0.25) is 11.8 Å². The molecule has 2 fully saturated rings. The van der Waals surface area contributed by atoms with Gasteiger partial charge >= 0.3 is 5.97 Å². The van der Waals surface area contributed by atoms with Gasteiger partial charge in [-0.3, -0.25) is 19.7 Å². The predicted octanol–water partition coefficient (Wildman–Crippen LogP) is 0.930. The first-order chi connectivity index (χ1) is 7.61. The van der Waals surface area contributed by atoms with Crippen molar-refractivity contribution < 1.29 is 19.5 Å². The van der Waals surface area contributed by atoms with Gasteiger partial charge in [-0.15, -0.1) is 0 Å². The number of hydrogen-bond acceptors (Lipinski definition) is 3. The summed E-state index contributed by atoms with van der Waals surface area (Å²) in [5.74, 6) is -1.61.